The van der Waals surface area contributed by atoms with E-state index in [0.717, 1.165) is 40.2 Å². The number of unbranched alkanes of at least 4 members (excludes halogenated alkanes) is 1. The Kier molecular flexibility index (Phi) is 36.1. The van der Waals surface area contributed by atoms with Gasteiger partial charge in [-0.05, 0) is 48.9 Å². The number of amides is 17. The number of carbonyl (C=O) groups excluding carboxylic acids is 16. The van der Waals surface area contributed by atoms with Crippen LogP contribution in [0.15, 0.2) is 67.1 Å². The number of thioether (sulfide) groups is 1. The van der Waals surface area contributed by atoms with E-state index in [2.05, 4.69) is 100 Å². The minimum absolute atomic E-state index is 0.0139. The number of aromatic hydroxyl groups is 1. The third-order valence-corrected chi connectivity index (χ3v) is 20.5. The molecule has 0 spiro atoms. The van der Waals surface area contributed by atoms with E-state index >= 15 is 0 Å². The number of nitrogens with one attached hydrogen (secondary N) is 19. The molecule has 110 heavy (non-hydrogen) atoms. The van der Waals surface area contributed by atoms with E-state index in [1.807, 2.05) is 0 Å². The molecule has 0 aliphatic carbocycles. The van der Waals surface area contributed by atoms with Gasteiger partial charge in [-0.25, -0.2) is 9.78 Å². The van der Waals surface area contributed by atoms with Crippen LogP contribution in [0.4, 0.5) is 4.79 Å². The van der Waals surface area contributed by atoms with E-state index in [1.54, 1.807) is 42.1 Å². The summed E-state index contributed by atoms with van der Waals surface area (Å²) >= 11 is 1.75. The van der Waals surface area contributed by atoms with E-state index in [4.69, 9.17) is 16.9 Å². The summed E-state index contributed by atoms with van der Waals surface area (Å²) in [5.74, 6) is -17.2. The Morgan fingerprint density at radius 3 is 1.67 bits per heavy atom. The van der Waals surface area contributed by atoms with Gasteiger partial charge in [-0.2, -0.15) is 11.8 Å². The van der Waals surface area contributed by atoms with Gasteiger partial charge in [0.1, 0.15) is 54.1 Å². The summed E-state index contributed by atoms with van der Waals surface area (Å²) in [7, 11) is 1.66. The molecule has 17 amide bonds. The predicted octanol–water partition coefficient (Wildman–Crippen LogP) is -8.94. The number of carboxylic acids is 1. The van der Waals surface area contributed by atoms with E-state index in [0.29, 0.717) is 17.5 Å². The predicted molar refractivity (Wildman–Crippen MR) is 394 cm³/mol. The number of phenolic OH excluding ortho intramolecular Hbond substituents is 1. The maximum absolute atomic E-state index is 14.8. The lowest BCUT2D eigenvalue weighted by Gasteiger charge is -2.27. The summed E-state index contributed by atoms with van der Waals surface area (Å²) in [5.41, 5.74) is 12.2. The fourth-order valence-corrected chi connectivity index (χ4v) is 14.7. The zero-order valence-corrected chi connectivity index (χ0v) is 61.6. The number of nitrogens with zero attached hydrogens (tertiary/aromatic N) is 1. The normalized spacial score (nSPS) is 22.6. The fourth-order valence-electron chi connectivity index (χ4n) is 10.9. The number of nitrogens with two attached hydrogens (primary N) is 2. The molecular formula is C65H90N22O20S3. The lowest BCUT2D eigenvalue weighted by molar-refractivity contribution is -0.141. The van der Waals surface area contributed by atoms with Crippen LogP contribution in [-0.2, 0) is 96.0 Å². The average Bonchev–Trinajstić information content (AvgIpc) is 1.66. The second-order valence-corrected chi connectivity index (χ2v) is 29.0. The Morgan fingerprint density at radius 1 is 0.536 bits per heavy atom. The summed E-state index contributed by atoms with van der Waals surface area (Å²) < 4.78 is 0. The number of hydrogen-bond acceptors (Lipinski definition) is 24. The molecule has 4 heterocycles. The highest BCUT2D eigenvalue weighted by molar-refractivity contribution is 8.76. The number of imidazole rings is 1. The third-order valence-electron chi connectivity index (χ3n) is 16.6. The number of phenols is 1. The van der Waals surface area contributed by atoms with Crippen LogP contribution in [0.2, 0.25) is 0 Å². The lowest BCUT2D eigenvalue weighted by Crippen LogP contribution is -2.61. The van der Waals surface area contributed by atoms with Crippen molar-refractivity contribution in [2.24, 2.45) is 11.5 Å². The molecule has 598 valence electrons. The van der Waals surface area contributed by atoms with Crippen LogP contribution in [0, 0.1) is 5.41 Å². The van der Waals surface area contributed by atoms with E-state index < -0.39 is 207 Å². The highest BCUT2D eigenvalue weighted by atomic mass is 33.1. The van der Waals surface area contributed by atoms with E-state index in [-0.39, 0.29) is 85.1 Å². The molecule has 0 bridgehead atoms. The molecule has 3 aromatic rings. The summed E-state index contributed by atoms with van der Waals surface area (Å²) in [5, 5.41) is 79.4. The minimum Gasteiger partial charge on any atom is -0.508 e. The Hall–Kier alpha value is -11.5. The van der Waals surface area contributed by atoms with Crippen molar-refractivity contribution in [3.05, 3.63) is 83.9 Å². The lowest BCUT2D eigenvalue weighted by atomic mass is 10.0. The standard InChI is InChI=1S/C65H90N22O20S3/c66-56(99)44-30-109-110-31-45(79-52(95)26-75-51(94)25-74-50(93)24-73-49(92)23-72-48(91)22-71-47(90)11-5-4-10-46-55-43(29-108-46)86-65(107)87-55)63(106)81-39(17-33-7-2-1-3-8-33)60(103)80-37(9-6-16-70-64(67)68)58(101)82-40(19-35-21-69-32-77-35)61(104)83-41(20-54(97)98)62(105)84-42(28-88)57(100)76-27-53(96)78-38(59(102)85-44)18-34-12-14-36(89)15-13-34/h1-3,7-8,12-15,21,32,37-46,55,88-89H,4-6,9-11,16-20,22-31H2,(H2,66,99)(H,69,77)(H,71,90)(H,72,91)(H,73,92)(H,74,93)(H,75,94)(H,76,100)(H,78,96)(H,79,95)(H,80,103)(H,81,106)(H,82,101)(H,83,104)(H,84,105)(H,85,102)(H,97,98)(H4,67,68,70)(H2,86,87,107)/t37-,38-,39-,40-,41-,42-,43-,44-,45-,46-,55-/m0/s1. The van der Waals surface area contributed by atoms with Crippen LogP contribution < -0.4 is 102 Å². The number of rotatable bonds is 30. The quantitative estimate of drug-likeness (QED) is 0.00969. The first kappa shape index (κ1) is 87.4. The number of guanidine groups is 1. The number of primary amides is 1. The van der Waals surface area contributed by atoms with Gasteiger partial charge in [0, 0.05) is 60.9 Å². The number of aliphatic carboxylic acids is 1. The van der Waals surface area contributed by atoms with E-state index in [1.165, 1.54) is 36.8 Å². The maximum atomic E-state index is 14.8. The molecule has 0 unspecified atom stereocenters. The van der Waals surface area contributed by atoms with Gasteiger partial charge >= 0.3 is 12.0 Å². The first-order valence-electron chi connectivity index (χ1n) is 34.5. The third kappa shape index (κ3) is 31.4. The molecule has 3 saturated heterocycles. The van der Waals surface area contributed by atoms with E-state index in [9.17, 15) is 96.8 Å². The number of aromatic amines is 1. The van der Waals surface area contributed by atoms with Crippen molar-refractivity contribution in [3.8, 4) is 5.75 Å². The molecule has 42 nitrogen and oxygen atoms in total. The number of aromatic nitrogens is 2. The fraction of sp³-hybridized carbons (Fsp3) is 0.492. The Balaban J connectivity index is 1.17. The second-order valence-electron chi connectivity index (χ2n) is 25.1. The summed E-state index contributed by atoms with van der Waals surface area (Å²) in [6.45, 7) is -5.42. The van der Waals surface area contributed by atoms with Gasteiger partial charge in [-0.3, -0.25) is 82.1 Å². The zero-order valence-electron chi connectivity index (χ0n) is 59.2. The van der Waals surface area contributed by atoms with Gasteiger partial charge < -0.3 is 122 Å². The van der Waals surface area contributed by atoms with Crippen molar-refractivity contribution in [3.63, 3.8) is 0 Å². The molecule has 0 saturated carbocycles. The number of aliphatic hydroxyl groups excluding tert-OH is 1. The van der Waals surface area contributed by atoms with Crippen LogP contribution in [0.5, 0.6) is 5.75 Å². The molecule has 11 atom stereocenters. The van der Waals surface area contributed by atoms with Gasteiger partial charge in [0.2, 0.25) is 88.6 Å². The first-order valence-corrected chi connectivity index (χ1v) is 38.0. The smallest absolute Gasteiger partial charge is 0.315 e. The SMILES string of the molecule is N=C(N)NCCC[C@@H]1NC(=O)[C@H](Cc2ccccc2)NC(=O)[C@@H](NC(=O)CNC(=O)CNC(=O)CNC(=O)CNC(=O)CNC(=O)CCCC[C@@H]2SC[C@@H]3NC(=O)N[C@@H]32)CSSC[C@@H](C(N)=O)NC(=O)[C@H](Cc2ccc(O)cc2)NC(=O)CNC(=O)[C@H](CO)NC(=O)[C@H](CC(=O)O)NC(=O)[C@H](Cc2c[nH]cn2)NC1=O. The molecule has 3 aliphatic rings. The molecule has 3 aliphatic heterocycles. The van der Waals surface area contributed by atoms with Crippen LogP contribution >= 0.6 is 33.3 Å². The minimum atomic E-state index is -2.05. The molecular weight excluding hydrogens is 1510 g/mol. The summed E-state index contributed by atoms with van der Waals surface area (Å²) in [6, 6.07) is -0.389. The van der Waals surface area contributed by atoms with Gasteiger partial charge in [0.05, 0.1) is 76.4 Å². The molecule has 2 aromatic carbocycles. The van der Waals surface area contributed by atoms with Crippen molar-refractivity contribution in [2.45, 2.75) is 130 Å². The van der Waals surface area contributed by atoms with Crippen LogP contribution in [-0.4, -0.2) is 267 Å². The Bertz CT molecular complexity index is 3780. The average molecular weight is 1600 g/mol. The van der Waals surface area contributed by atoms with Crippen LogP contribution in [0.3, 0.4) is 0 Å². The number of urea groups is 1. The van der Waals surface area contributed by atoms with Crippen LogP contribution in [0.25, 0.3) is 0 Å². The summed E-state index contributed by atoms with van der Waals surface area (Å²) in [4.78, 5) is 234. The number of hydrogen-bond donors (Lipinski definition) is 24. The topological polar surface area (TPSA) is 660 Å². The van der Waals surface area contributed by atoms with Crippen molar-refractivity contribution >= 4 is 140 Å². The van der Waals surface area contributed by atoms with Crippen molar-refractivity contribution in [2.75, 3.05) is 69.7 Å². The van der Waals surface area contributed by atoms with Crippen molar-refractivity contribution in [1.82, 2.24) is 100 Å². The largest absolute Gasteiger partial charge is 0.508 e. The number of aliphatic hydroxyl groups is 1. The molecule has 6 rings (SSSR count). The van der Waals surface area contributed by atoms with Gasteiger partial charge in [0.25, 0.3) is 0 Å². The molecule has 3 fully saturated rings. The number of benzene rings is 2. The molecule has 45 heteroatoms. The highest BCUT2D eigenvalue weighted by Crippen LogP contribution is 2.33. The molecule has 1 aromatic heterocycles. The van der Waals surface area contributed by atoms with Crippen molar-refractivity contribution < 1.29 is 96.8 Å². The number of carbonyl (C=O) groups is 17. The van der Waals surface area contributed by atoms with Gasteiger partial charge in [0.15, 0.2) is 5.96 Å². The Labute approximate surface area is 640 Å². The summed E-state index contributed by atoms with van der Waals surface area (Å²) in [6.07, 6.45) is 2.25. The molecule has 26 N–H and O–H groups in total. The highest BCUT2D eigenvalue weighted by Gasteiger charge is 2.43. The number of H-pyrrole nitrogens is 1. The second kappa shape index (κ2) is 45.4. The van der Waals surface area contributed by atoms with Crippen molar-refractivity contribution in [1.29, 1.82) is 5.41 Å². The maximum Gasteiger partial charge on any atom is 0.315 e. The number of carboxylic acid groups (broad SMARTS) is 1. The zero-order chi connectivity index (χ0) is 80.2. The van der Waals surface area contributed by atoms with Gasteiger partial charge in [-0.15, -0.1) is 0 Å². The molecule has 0 radical (unpaired) electrons. The van der Waals surface area contributed by atoms with Crippen LogP contribution in [0.1, 0.15) is 61.8 Å². The number of fused-ring (bicyclic) bond motifs is 1. The Morgan fingerprint density at radius 2 is 1.07 bits per heavy atom. The first-order chi connectivity index (χ1) is 52.5. The monoisotopic (exact) mass is 1590 g/mol. The van der Waals surface area contributed by atoms with Gasteiger partial charge in [-0.1, -0.05) is 70.5 Å².